The van der Waals surface area contributed by atoms with Gasteiger partial charge in [0.2, 0.25) is 0 Å². The number of nitrogens with zero attached hydrogens (tertiary/aromatic N) is 2. The summed E-state index contributed by atoms with van der Waals surface area (Å²) in [5.41, 5.74) is 1.55. The van der Waals surface area contributed by atoms with Crippen LogP contribution in [0.4, 0.5) is 5.69 Å². The number of anilines is 1. The molecule has 2 aromatic heterocycles. The van der Waals surface area contributed by atoms with Crippen LogP contribution in [-0.4, -0.2) is 27.3 Å². The van der Waals surface area contributed by atoms with Gasteiger partial charge in [-0.2, -0.15) is 8.75 Å². The topological polar surface area (TPSA) is 108 Å². The van der Waals surface area contributed by atoms with Crippen LogP contribution in [0, 0.1) is 0 Å². The molecule has 0 fully saturated rings. The molecule has 3 N–H and O–H groups in total. The lowest BCUT2D eigenvalue weighted by molar-refractivity contribution is 0.277. The maximum atomic E-state index is 12.3. The lowest BCUT2D eigenvalue weighted by Crippen LogP contribution is -2.13. The minimum atomic E-state index is -3.83. The summed E-state index contributed by atoms with van der Waals surface area (Å²) in [6.45, 7) is -0.276. The minimum Gasteiger partial charge on any atom is -0.390 e. The summed E-state index contributed by atoms with van der Waals surface area (Å²) in [5, 5.41) is 9.21. The van der Waals surface area contributed by atoms with Gasteiger partial charge >= 0.3 is 0 Å². The largest absolute Gasteiger partial charge is 0.390 e. The van der Waals surface area contributed by atoms with Crippen molar-refractivity contribution in [2.24, 2.45) is 0 Å². The molecule has 7 nitrogen and oxygen atoms in total. The Hall–Kier alpha value is -1.68. The number of fused-ring (bicyclic) bond motifs is 1. The first kappa shape index (κ1) is 14.3. The Kier molecular flexibility index (Phi) is 3.57. The summed E-state index contributed by atoms with van der Waals surface area (Å²) in [6, 6.07) is 4.56. The molecule has 0 bridgehead atoms. The number of benzene rings is 1. The van der Waals surface area contributed by atoms with Crippen molar-refractivity contribution in [2.75, 3.05) is 4.72 Å². The quantitative estimate of drug-likeness (QED) is 0.670. The van der Waals surface area contributed by atoms with E-state index in [2.05, 4.69) is 18.5 Å². The van der Waals surface area contributed by atoms with Gasteiger partial charge < -0.3 is 10.1 Å². The smallest absolute Gasteiger partial charge is 0.263 e. The molecular weight excluding hydrogens is 336 g/mol. The first-order valence-corrected chi connectivity index (χ1v) is 8.32. The van der Waals surface area contributed by atoms with Gasteiger partial charge in [-0.3, -0.25) is 4.72 Å². The van der Waals surface area contributed by atoms with Crippen LogP contribution < -0.4 is 4.72 Å². The zero-order valence-electron chi connectivity index (χ0n) is 10.4. The number of hydrogen-bond acceptors (Lipinski definition) is 6. The van der Waals surface area contributed by atoms with Crippen molar-refractivity contribution in [2.45, 2.75) is 11.5 Å². The number of hydrogen-bond donors (Lipinski definition) is 3. The summed E-state index contributed by atoms with van der Waals surface area (Å²) >= 11 is 7.02. The Bertz CT molecular complexity index is 903. The molecule has 0 spiro atoms. The summed E-state index contributed by atoms with van der Waals surface area (Å²) < 4.78 is 35.2. The maximum absolute atomic E-state index is 12.3. The fourth-order valence-corrected chi connectivity index (χ4v) is 3.69. The van der Waals surface area contributed by atoms with Crippen molar-refractivity contribution in [1.82, 2.24) is 13.7 Å². The number of rotatable bonds is 4. The van der Waals surface area contributed by atoms with Crippen LogP contribution in [0.2, 0.25) is 5.02 Å². The van der Waals surface area contributed by atoms with E-state index < -0.39 is 10.0 Å². The van der Waals surface area contributed by atoms with Crippen LogP contribution in [0.5, 0.6) is 0 Å². The van der Waals surface area contributed by atoms with Crippen LogP contribution in [0.1, 0.15) is 5.69 Å². The Balaban J connectivity index is 2.04. The van der Waals surface area contributed by atoms with E-state index in [0.717, 1.165) is 11.7 Å². The summed E-state index contributed by atoms with van der Waals surface area (Å²) in [5.74, 6) is 0. The molecule has 21 heavy (non-hydrogen) atoms. The second-order valence-corrected chi connectivity index (χ2v) is 6.80. The molecule has 0 radical (unpaired) electrons. The van der Waals surface area contributed by atoms with E-state index in [9.17, 15) is 8.42 Å². The fraction of sp³-hybridized carbons (Fsp3) is 0.0909. The van der Waals surface area contributed by atoms with Gasteiger partial charge in [-0.15, -0.1) is 0 Å². The molecule has 0 unspecified atom stereocenters. The molecule has 0 amide bonds. The molecule has 3 rings (SSSR count). The second kappa shape index (κ2) is 5.26. The number of aliphatic hydroxyl groups is 1. The van der Waals surface area contributed by atoms with Crippen molar-refractivity contribution in [3.05, 3.63) is 35.1 Å². The van der Waals surface area contributed by atoms with Gasteiger partial charge in [-0.1, -0.05) is 11.6 Å². The monoisotopic (exact) mass is 344 g/mol. The van der Waals surface area contributed by atoms with Crippen LogP contribution in [-0.2, 0) is 16.6 Å². The van der Waals surface area contributed by atoms with Gasteiger partial charge in [0.25, 0.3) is 10.0 Å². The van der Waals surface area contributed by atoms with Gasteiger partial charge in [0, 0.05) is 11.9 Å². The number of aliphatic hydroxyl groups excluding tert-OH is 1. The molecule has 0 atom stereocenters. The van der Waals surface area contributed by atoms with Gasteiger partial charge in [-0.25, -0.2) is 8.42 Å². The molecule has 3 aromatic rings. The van der Waals surface area contributed by atoms with Crippen LogP contribution in [0.25, 0.3) is 11.0 Å². The SMILES string of the molecule is O=S(=O)(Nc1c(Cl)ccc2nsnc12)c1c[nH]c(CO)c1. The average Bonchev–Trinajstić information content (AvgIpc) is 3.10. The number of nitrogens with one attached hydrogen (secondary N) is 2. The van der Waals surface area contributed by atoms with E-state index >= 15 is 0 Å². The highest BCUT2D eigenvalue weighted by Crippen LogP contribution is 2.31. The number of H-pyrrole nitrogens is 1. The van der Waals surface area contributed by atoms with E-state index in [-0.39, 0.29) is 22.2 Å². The zero-order valence-corrected chi connectivity index (χ0v) is 12.8. The van der Waals surface area contributed by atoms with E-state index in [1.165, 1.54) is 12.3 Å². The Morgan fingerprint density at radius 1 is 1.38 bits per heavy atom. The zero-order chi connectivity index (χ0) is 15.0. The molecule has 0 saturated heterocycles. The maximum Gasteiger partial charge on any atom is 0.263 e. The molecule has 0 aliphatic carbocycles. The average molecular weight is 345 g/mol. The molecule has 10 heteroatoms. The molecule has 0 aliphatic rings. The molecule has 0 aliphatic heterocycles. The number of sulfonamides is 1. The van der Waals surface area contributed by atoms with Crippen molar-refractivity contribution in [1.29, 1.82) is 0 Å². The molecule has 0 saturated carbocycles. The number of halogens is 1. The third-order valence-electron chi connectivity index (χ3n) is 2.81. The van der Waals surface area contributed by atoms with E-state index in [1.54, 1.807) is 12.1 Å². The number of aromatic nitrogens is 3. The highest BCUT2D eigenvalue weighted by molar-refractivity contribution is 7.92. The minimum absolute atomic E-state index is 0.00260. The van der Waals surface area contributed by atoms with Crippen molar-refractivity contribution >= 4 is 50.1 Å². The van der Waals surface area contributed by atoms with E-state index in [0.29, 0.717) is 16.7 Å². The van der Waals surface area contributed by atoms with E-state index in [4.69, 9.17) is 16.7 Å². The summed E-state index contributed by atoms with van der Waals surface area (Å²) in [7, 11) is -3.83. The second-order valence-electron chi connectivity index (χ2n) is 4.18. The summed E-state index contributed by atoms with van der Waals surface area (Å²) in [6.07, 6.45) is 1.29. The van der Waals surface area contributed by atoms with Gasteiger partial charge in [-0.05, 0) is 18.2 Å². The van der Waals surface area contributed by atoms with Crippen LogP contribution >= 0.6 is 23.3 Å². The Morgan fingerprint density at radius 2 is 2.19 bits per heavy atom. The third kappa shape index (κ3) is 2.60. The van der Waals surface area contributed by atoms with E-state index in [1.807, 2.05) is 0 Å². The first-order chi connectivity index (χ1) is 10.0. The highest BCUT2D eigenvalue weighted by atomic mass is 35.5. The van der Waals surface area contributed by atoms with Crippen molar-refractivity contribution in [3.63, 3.8) is 0 Å². The van der Waals surface area contributed by atoms with Gasteiger partial charge in [0.15, 0.2) is 0 Å². The van der Waals surface area contributed by atoms with Crippen LogP contribution in [0.15, 0.2) is 29.3 Å². The normalized spacial score (nSPS) is 11.9. The predicted octanol–water partition coefficient (Wildman–Crippen LogP) is 1.97. The lowest BCUT2D eigenvalue weighted by Gasteiger charge is -2.08. The first-order valence-electron chi connectivity index (χ1n) is 5.73. The standard InChI is InChI=1S/C11H9ClN4O3S2/c12-8-1-2-9-11(15-20-14-9)10(8)16-21(18,19)7-3-6(5-17)13-4-7/h1-4,13,16-17H,5H2. The lowest BCUT2D eigenvalue weighted by atomic mass is 10.3. The van der Waals surface area contributed by atoms with Crippen molar-refractivity contribution < 1.29 is 13.5 Å². The number of aromatic amines is 1. The molecule has 2 heterocycles. The fourth-order valence-electron chi connectivity index (χ4n) is 1.78. The molecular formula is C11H9ClN4O3S2. The third-order valence-corrected chi connectivity index (χ3v) is 5.00. The molecule has 110 valence electrons. The predicted molar refractivity (Wildman–Crippen MR) is 79.9 cm³/mol. The van der Waals surface area contributed by atoms with Crippen molar-refractivity contribution in [3.8, 4) is 0 Å². The van der Waals surface area contributed by atoms with Gasteiger partial charge in [0.05, 0.1) is 29.0 Å². The molecule has 1 aromatic carbocycles. The Morgan fingerprint density at radius 3 is 2.90 bits per heavy atom. The Labute approximate surface area is 129 Å². The highest BCUT2D eigenvalue weighted by Gasteiger charge is 2.20. The van der Waals surface area contributed by atoms with Gasteiger partial charge in [0.1, 0.15) is 15.9 Å². The summed E-state index contributed by atoms with van der Waals surface area (Å²) in [4.78, 5) is 2.67. The van der Waals surface area contributed by atoms with Crippen LogP contribution in [0.3, 0.4) is 0 Å².